The highest BCUT2D eigenvalue weighted by molar-refractivity contribution is 6.05. The van der Waals surface area contributed by atoms with Gasteiger partial charge in [0, 0.05) is 55.8 Å². The first-order valence-corrected chi connectivity index (χ1v) is 24.2. The lowest BCUT2D eigenvalue weighted by molar-refractivity contribution is -0.131. The Morgan fingerprint density at radius 1 is 0.797 bits per heavy atom. The van der Waals surface area contributed by atoms with E-state index in [0.29, 0.717) is 63.1 Å². The number of carbonyl (C=O) groups is 1. The van der Waals surface area contributed by atoms with E-state index in [4.69, 9.17) is 5.73 Å². The van der Waals surface area contributed by atoms with Gasteiger partial charge in [-0.05, 0) is 70.1 Å². The zero-order valence-corrected chi connectivity index (χ0v) is 40.7. The predicted molar refractivity (Wildman–Crippen MR) is 254 cm³/mol. The molecule has 1 saturated carbocycles. The molecule has 348 valence electrons. The summed E-state index contributed by atoms with van der Waals surface area (Å²) in [5.41, 5.74) is 6.43. The van der Waals surface area contributed by atoms with Crippen molar-refractivity contribution in [2.24, 2.45) is 27.6 Å². The standard InChI is InChI=1S/C36H63F3N6O.C9H20.2C2H6/c1-7-12-15-20-34(46)45(24-11-5)25-16-23-41-33(19-14-9-3)32(36(37,38)39)27-42-28(6)44-35(40)31(29-21-22-29)26-43-30(17-10-4)18-13-8-2;1-4-6-8-9(3)7-5-2;2*1-2/h19,26-27,29-30,41,43H,7-18,20-25H2,1-6H3,(H2,40,42,44);9H,4-8H2,1-3H3;2*1-2H3/b31-26-,32-27+,33-19-;;;. The van der Waals surface area contributed by atoms with Crippen molar-refractivity contribution in [3.05, 3.63) is 35.3 Å². The second-order valence-corrected chi connectivity index (χ2v) is 15.4. The minimum absolute atomic E-state index is 0.00373. The van der Waals surface area contributed by atoms with Gasteiger partial charge in [0.25, 0.3) is 0 Å². The van der Waals surface area contributed by atoms with E-state index in [0.717, 1.165) is 88.3 Å². The van der Waals surface area contributed by atoms with Crippen molar-refractivity contribution in [2.75, 3.05) is 19.6 Å². The molecule has 2 unspecified atom stereocenters. The van der Waals surface area contributed by atoms with Crippen molar-refractivity contribution in [1.29, 1.82) is 0 Å². The maximum atomic E-state index is 14.3. The molecular weight excluding hydrogens is 746 g/mol. The molecule has 0 radical (unpaired) electrons. The second-order valence-electron chi connectivity index (χ2n) is 15.4. The Morgan fingerprint density at radius 3 is 1.93 bits per heavy atom. The van der Waals surface area contributed by atoms with Crippen LogP contribution in [0.25, 0.3) is 0 Å². The number of nitrogens with two attached hydrogens (primary N) is 1. The monoisotopic (exact) mass is 841 g/mol. The first-order valence-electron chi connectivity index (χ1n) is 24.2. The molecule has 4 N–H and O–H groups in total. The van der Waals surface area contributed by atoms with Crippen LogP contribution in [-0.4, -0.2) is 54.3 Å². The number of nitrogens with one attached hydrogen (secondary N) is 2. The Hall–Kier alpha value is -2.78. The number of carbonyl (C=O) groups excluding carboxylic acids is 1. The van der Waals surface area contributed by atoms with Gasteiger partial charge in [0.1, 0.15) is 11.7 Å². The lowest BCUT2D eigenvalue weighted by atomic mass is 10.00. The second kappa shape index (κ2) is 40.6. The number of alkyl halides is 3. The zero-order valence-electron chi connectivity index (χ0n) is 40.7. The molecule has 10 heteroatoms. The van der Waals surface area contributed by atoms with Gasteiger partial charge in [-0.25, -0.2) is 9.98 Å². The summed E-state index contributed by atoms with van der Waals surface area (Å²) in [4.78, 5) is 23.0. The normalized spacial score (nSPS) is 14.8. The van der Waals surface area contributed by atoms with Crippen LogP contribution in [0.3, 0.4) is 0 Å². The van der Waals surface area contributed by atoms with E-state index in [1.54, 1.807) is 13.0 Å². The van der Waals surface area contributed by atoms with Gasteiger partial charge in [-0.3, -0.25) is 4.79 Å². The minimum atomic E-state index is -4.62. The third kappa shape index (κ3) is 32.6. The molecular formula is C49H95F3N6O. The van der Waals surface area contributed by atoms with Crippen molar-refractivity contribution in [2.45, 2.75) is 231 Å². The minimum Gasteiger partial charge on any atom is -0.388 e. The number of halogens is 3. The number of aliphatic imine (C=N–C) groups is 2. The van der Waals surface area contributed by atoms with Crippen LogP contribution in [0.4, 0.5) is 13.2 Å². The lowest BCUT2D eigenvalue weighted by Crippen LogP contribution is -2.34. The lowest BCUT2D eigenvalue weighted by Gasteiger charge is -2.23. The number of hydrogen-bond acceptors (Lipinski definition) is 4. The van der Waals surface area contributed by atoms with Gasteiger partial charge >= 0.3 is 6.18 Å². The first-order chi connectivity index (χ1) is 28.3. The van der Waals surface area contributed by atoms with E-state index >= 15 is 0 Å². The number of amides is 1. The third-order valence-corrected chi connectivity index (χ3v) is 9.82. The fraction of sp³-hybridized carbons (Fsp3) is 0.816. The van der Waals surface area contributed by atoms with Gasteiger partial charge in [-0.15, -0.1) is 0 Å². The van der Waals surface area contributed by atoms with Crippen LogP contribution in [-0.2, 0) is 4.79 Å². The molecule has 0 heterocycles. The van der Waals surface area contributed by atoms with E-state index in [1.807, 2.05) is 52.6 Å². The fourth-order valence-electron chi connectivity index (χ4n) is 6.40. The van der Waals surface area contributed by atoms with Gasteiger partial charge in [-0.1, -0.05) is 160 Å². The number of hydrogen-bond donors (Lipinski definition) is 3. The molecule has 0 aromatic rings. The molecule has 0 spiro atoms. The van der Waals surface area contributed by atoms with Gasteiger partial charge in [-0.2, -0.15) is 13.2 Å². The molecule has 59 heavy (non-hydrogen) atoms. The van der Waals surface area contributed by atoms with Crippen molar-refractivity contribution >= 4 is 17.6 Å². The summed E-state index contributed by atoms with van der Waals surface area (Å²) in [6, 6.07) is 0.361. The predicted octanol–water partition coefficient (Wildman–Crippen LogP) is 14.6. The van der Waals surface area contributed by atoms with Crippen LogP contribution in [0.2, 0.25) is 0 Å². The summed E-state index contributed by atoms with van der Waals surface area (Å²) in [6.45, 7) is 28.3. The van der Waals surface area contributed by atoms with Crippen LogP contribution in [0.5, 0.6) is 0 Å². The average molecular weight is 841 g/mol. The highest BCUT2D eigenvalue weighted by Crippen LogP contribution is 2.36. The van der Waals surface area contributed by atoms with Crippen LogP contribution < -0.4 is 16.4 Å². The van der Waals surface area contributed by atoms with Crippen LogP contribution in [0.15, 0.2) is 45.3 Å². The van der Waals surface area contributed by atoms with E-state index < -0.39 is 11.7 Å². The largest absolute Gasteiger partial charge is 0.419 e. The van der Waals surface area contributed by atoms with Gasteiger partial charge < -0.3 is 21.3 Å². The number of unbranched alkanes of at least 4 members (excludes halogenated alkanes) is 5. The third-order valence-electron chi connectivity index (χ3n) is 9.82. The Morgan fingerprint density at radius 2 is 1.41 bits per heavy atom. The topological polar surface area (TPSA) is 95.1 Å². The molecule has 1 rings (SSSR count). The van der Waals surface area contributed by atoms with Crippen molar-refractivity contribution in [3.63, 3.8) is 0 Å². The van der Waals surface area contributed by atoms with Crippen LogP contribution in [0, 0.1) is 11.8 Å². The van der Waals surface area contributed by atoms with Crippen molar-refractivity contribution < 1.29 is 18.0 Å². The number of allylic oxidation sites excluding steroid dienone is 2. The summed E-state index contributed by atoms with van der Waals surface area (Å²) in [6.07, 6.45) is 20.3. The van der Waals surface area contributed by atoms with Crippen LogP contribution >= 0.6 is 0 Å². The van der Waals surface area contributed by atoms with E-state index in [1.165, 1.54) is 32.1 Å². The maximum Gasteiger partial charge on any atom is 0.419 e. The molecule has 1 aliphatic carbocycles. The SMILES string of the molecule is CC.CC.CCC/C=C(NCCCN(CCC)C(=O)CCCCC)/C(=C\N=C(C)N=C(N)/C(=C\NC(CCC)CCCC)C1CC1)C(F)(F)F.CCCCC(C)CCC. The Bertz CT molecular complexity index is 1160. The fourth-order valence-corrected chi connectivity index (χ4v) is 6.40. The molecule has 0 aliphatic heterocycles. The Kier molecular flexibility index (Phi) is 41.7. The quantitative estimate of drug-likeness (QED) is 0.0303. The molecule has 7 nitrogen and oxygen atoms in total. The number of rotatable bonds is 29. The van der Waals surface area contributed by atoms with Gasteiger partial charge in [0.05, 0.1) is 5.57 Å². The van der Waals surface area contributed by atoms with Crippen molar-refractivity contribution in [1.82, 2.24) is 15.5 Å². The summed E-state index contributed by atoms with van der Waals surface area (Å²) >= 11 is 0. The summed E-state index contributed by atoms with van der Waals surface area (Å²) in [5.74, 6) is 1.85. The summed E-state index contributed by atoms with van der Waals surface area (Å²) in [7, 11) is 0. The van der Waals surface area contributed by atoms with E-state index in [-0.39, 0.29) is 17.4 Å². The number of nitrogens with zero attached hydrogens (tertiary/aromatic N) is 3. The summed E-state index contributed by atoms with van der Waals surface area (Å²) < 4.78 is 43.0. The smallest absolute Gasteiger partial charge is 0.388 e. The maximum absolute atomic E-state index is 14.3. The summed E-state index contributed by atoms with van der Waals surface area (Å²) in [5, 5.41) is 6.53. The molecule has 1 fully saturated rings. The van der Waals surface area contributed by atoms with E-state index in [2.05, 4.69) is 62.2 Å². The van der Waals surface area contributed by atoms with E-state index in [9.17, 15) is 18.0 Å². The van der Waals surface area contributed by atoms with Gasteiger partial charge in [0.2, 0.25) is 5.91 Å². The molecule has 0 aromatic carbocycles. The first kappa shape index (κ1) is 60.5. The molecule has 1 amide bonds. The Balaban J connectivity index is -0.00000209. The molecule has 2 atom stereocenters. The average Bonchev–Trinajstić information content (AvgIpc) is 4.06. The highest BCUT2D eigenvalue weighted by Gasteiger charge is 2.36. The zero-order chi connectivity index (χ0) is 45.5. The number of amidine groups is 2. The molecule has 0 aromatic heterocycles. The molecule has 1 aliphatic rings. The highest BCUT2D eigenvalue weighted by atomic mass is 19.4. The molecule has 0 saturated heterocycles. The van der Waals surface area contributed by atoms with Crippen LogP contribution in [0.1, 0.15) is 218 Å². The van der Waals surface area contributed by atoms with Gasteiger partial charge in [0.15, 0.2) is 0 Å². The van der Waals surface area contributed by atoms with Crippen molar-refractivity contribution in [3.8, 4) is 0 Å². The molecule has 0 bridgehead atoms. The Labute approximate surface area is 363 Å².